The fraction of sp³-hybridized carbons (Fsp3) is 0.353. The van der Waals surface area contributed by atoms with E-state index < -0.39 is 0 Å². The quantitative estimate of drug-likeness (QED) is 0.917. The second-order valence-corrected chi connectivity index (χ2v) is 5.31. The molecule has 0 amide bonds. The summed E-state index contributed by atoms with van der Waals surface area (Å²) in [6, 6.07) is 12.0. The second kappa shape index (κ2) is 6.59. The molecule has 0 aliphatic carbocycles. The maximum absolute atomic E-state index is 6.12. The molecule has 0 bridgehead atoms. The summed E-state index contributed by atoms with van der Waals surface area (Å²) in [6.45, 7) is 4.71. The van der Waals surface area contributed by atoms with Crippen molar-refractivity contribution in [2.24, 2.45) is 5.73 Å². The highest BCUT2D eigenvalue weighted by molar-refractivity contribution is 5.60. The summed E-state index contributed by atoms with van der Waals surface area (Å²) in [5, 5.41) is 0. The fourth-order valence-corrected chi connectivity index (χ4v) is 2.52. The number of benzene rings is 1. The molecule has 0 saturated carbocycles. The molecule has 0 spiro atoms. The molecule has 21 heavy (non-hydrogen) atoms. The average molecular weight is 285 g/mol. The predicted molar refractivity (Wildman–Crippen MR) is 86.7 cm³/mol. The molecule has 4 heteroatoms. The van der Waals surface area contributed by atoms with Crippen LogP contribution in [-0.2, 0) is 6.54 Å². The molecule has 2 rings (SSSR count). The van der Waals surface area contributed by atoms with Crippen molar-refractivity contribution < 1.29 is 4.74 Å². The summed E-state index contributed by atoms with van der Waals surface area (Å²) >= 11 is 0. The Labute approximate surface area is 126 Å². The van der Waals surface area contributed by atoms with Crippen LogP contribution in [0.25, 0.3) is 0 Å². The van der Waals surface area contributed by atoms with Gasteiger partial charge in [0.05, 0.1) is 19.3 Å². The van der Waals surface area contributed by atoms with Gasteiger partial charge in [0.25, 0.3) is 0 Å². The average Bonchev–Trinajstić information content (AvgIpc) is 2.46. The molecule has 1 aromatic heterocycles. The number of nitrogens with zero attached hydrogens (tertiary/aromatic N) is 2. The van der Waals surface area contributed by atoms with Crippen LogP contribution in [0.2, 0.25) is 0 Å². The minimum absolute atomic E-state index is 0.0935. The Balaban J connectivity index is 2.32. The molecular weight excluding hydrogens is 262 g/mol. The maximum atomic E-state index is 6.12. The molecule has 1 heterocycles. The first-order valence-electron chi connectivity index (χ1n) is 7.09. The van der Waals surface area contributed by atoms with E-state index in [4.69, 9.17) is 10.5 Å². The largest absolute Gasteiger partial charge is 0.496 e. The van der Waals surface area contributed by atoms with Gasteiger partial charge in [-0.15, -0.1) is 0 Å². The van der Waals surface area contributed by atoms with E-state index in [2.05, 4.69) is 16.0 Å². The summed E-state index contributed by atoms with van der Waals surface area (Å²) in [4.78, 5) is 6.71. The Morgan fingerprint density at radius 2 is 1.95 bits per heavy atom. The van der Waals surface area contributed by atoms with Crippen molar-refractivity contribution in [2.45, 2.75) is 26.4 Å². The van der Waals surface area contributed by atoms with E-state index in [9.17, 15) is 0 Å². The number of anilines is 1. The topological polar surface area (TPSA) is 51.4 Å². The van der Waals surface area contributed by atoms with Crippen molar-refractivity contribution in [3.8, 4) is 5.75 Å². The minimum atomic E-state index is -0.0935. The fourth-order valence-electron chi connectivity index (χ4n) is 2.52. The van der Waals surface area contributed by atoms with Crippen LogP contribution in [-0.4, -0.2) is 19.1 Å². The van der Waals surface area contributed by atoms with Gasteiger partial charge in [0.15, 0.2) is 0 Å². The Kier molecular flexibility index (Phi) is 4.81. The first kappa shape index (κ1) is 15.3. The zero-order chi connectivity index (χ0) is 15.4. The highest BCUT2D eigenvalue weighted by Gasteiger charge is 2.16. The lowest BCUT2D eigenvalue weighted by Crippen LogP contribution is -2.21. The van der Waals surface area contributed by atoms with Crippen LogP contribution in [0.3, 0.4) is 0 Å². The number of aromatic nitrogens is 1. The predicted octanol–water partition coefficient (Wildman–Crippen LogP) is 3.05. The third-order valence-electron chi connectivity index (χ3n) is 3.47. The first-order valence-corrected chi connectivity index (χ1v) is 7.09. The number of hydrogen-bond acceptors (Lipinski definition) is 4. The van der Waals surface area contributed by atoms with Gasteiger partial charge in [-0.25, -0.2) is 0 Å². The van der Waals surface area contributed by atoms with Crippen molar-refractivity contribution >= 4 is 5.69 Å². The normalized spacial score (nSPS) is 12.0. The summed E-state index contributed by atoms with van der Waals surface area (Å²) in [5.74, 6) is 0.826. The molecule has 4 nitrogen and oxygen atoms in total. The molecule has 1 atom stereocenters. The van der Waals surface area contributed by atoms with Gasteiger partial charge in [0.1, 0.15) is 5.75 Å². The highest BCUT2D eigenvalue weighted by atomic mass is 16.5. The van der Waals surface area contributed by atoms with Crippen LogP contribution in [0.4, 0.5) is 5.69 Å². The molecule has 0 aliphatic rings. The van der Waals surface area contributed by atoms with Crippen LogP contribution >= 0.6 is 0 Å². The molecule has 112 valence electrons. The Bertz CT molecular complexity index is 611. The van der Waals surface area contributed by atoms with E-state index in [1.165, 1.54) is 0 Å². The number of methoxy groups -OCH3 is 1. The van der Waals surface area contributed by atoms with Gasteiger partial charge in [0.2, 0.25) is 0 Å². The molecule has 1 aromatic carbocycles. The van der Waals surface area contributed by atoms with Crippen LogP contribution in [0.5, 0.6) is 5.75 Å². The number of hydrogen-bond donors (Lipinski definition) is 1. The van der Waals surface area contributed by atoms with Gasteiger partial charge in [-0.3, -0.25) is 4.98 Å². The van der Waals surface area contributed by atoms with Crippen molar-refractivity contribution in [3.05, 3.63) is 53.3 Å². The van der Waals surface area contributed by atoms with Gasteiger partial charge in [-0.1, -0.05) is 12.1 Å². The van der Waals surface area contributed by atoms with Crippen molar-refractivity contribution in [1.29, 1.82) is 0 Å². The van der Waals surface area contributed by atoms with Gasteiger partial charge in [0, 0.05) is 30.0 Å². The number of ether oxygens (including phenoxy) is 1. The Morgan fingerprint density at radius 3 is 2.57 bits per heavy atom. The highest BCUT2D eigenvalue weighted by Crippen LogP contribution is 2.33. The molecule has 0 radical (unpaired) electrons. The van der Waals surface area contributed by atoms with Gasteiger partial charge in [-0.2, -0.15) is 0 Å². The van der Waals surface area contributed by atoms with Crippen LogP contribution < -0.4 is 15.4 Å². The molecule has 2 N–H and O–H groups in total. The summed E-state index contributed by atoms with van der Waals surface area (Å²) in [7, 11) is 3.72. The van der Waals surface area contributed by atoms with Gasteiger partial charge < -0.3 is 15.4 Å². The van der Waals surface area contributed by atoms with Gasteiger partial charge >= 0.3 is 0 Å². The number of nitrogens with two attached hydrogens (primary N) is 1. The lowest BCUT2D eigenvalue weighted by molar-refractivity contribution is 0.407. The van der Waals surface area contributed by atoms with Crippen molar-refractivity contribution in [1.82, 2.24) is 4.98 Å². The van der Waals surface area contributed by atoms with Crippen LogP contribution in [0, 0.1) is 6.92 Å². The third-order valence-corrected chi connectivity index (χ3v) is 3.47. The second-order valence-electron chi connectivity index (χ2n) is 5.31. The summed E-state index contributed by atoms with van der Waals surface area (Å²) in [5.41, 5.74) is 10.3. The zero-order valence-corrected chi connectivity index (χ0v) is 13.1. The minimum Gasteiger partial charge on any atom is -0.496 e. The maximum Gasteiger partial charge on any atom is 0.125 e. The molecular formula is C17H23N3O. The Hall–Kier alpha value is -2.07. The number of rotatable bonds is 5. The summed E-state index contributed by atoms with van der Waals surface area (Å²) < 4.78 is 5.44. The van der Waals surface area contributed by atoms with E-state index in [-0.39, 0.29) is 6.04 Å². The van der Waals surface area contributed by atoms with E-state index in [1.54, 1.807) is 7.11 Å². The van der Waals surface area contributed by atoms with E-state index in [0.717, 1.165) is 34.9 Å². The summed E-state index contributed by atoms with van der Waals surface area (Å²) in [6.07, 6.45) is 0. The van der Waals surface area contributed by atoms with Crippen LogP contribution in [0.1, 0.15) is 29.9 Å². The zero-order valence-electron chi connectivity index (χ0n) is 13.1. The monoisotopic (exact) mass is 285 g/mol. The van der Waals surface area contributed by atoms with Crippen molar-refractivity contribution in [2.75, 3.05) is 19.1 Å². The smallest absolute Gasteiger partial charge is 0.125 e. The van der Waals surface area contributed by atoms with E-state index in [1.807, 2.05) is 51.2 Å². The number of aryl methyl sites for hydroxylation is 1. The lowest BCUT2D eigenvalue weighted by Gasteiger charge is -2.25. The third kappa shape index (κ3) is 3.52. The lowest BCUT2D eigenvalue weighted by atomic mass is 10.0. The standard InChI is InChI=1S/C17H23N3O/c1-12-7-5-8-14(19-12)11-20(3)15-9-6-10-16(21-4)17(15)13(2)18/h5-10,13H,11,18H2,1-4H3/t13-/m0/s1. The molecule has 0 fully saturated rings. The van der Waals surface area contributed by atoms with Crippen LogP contribution in [0.15, 0.2) is 36.4 Å². The molecule has 0 unspecified atom stereocenters. The molecule has 0 saturated heterocycles. The first-order chi connectivity index (χ1) is 10.0. The van der Waals surface area contributed by atoms with Gasteiger partial charge in [-0.05, 0) is 38.1 Å². The SMILES string of the molecule is COc1cccc(N(C)Cc2cccc(C)n2)c1[C@H](C)N. The molecule has 2 aromatic rings. The molecule has 0 aliphatic heterocycles. The van der Waals surface area contributed by atoms with Crippen molar-refractivity contribution in [3.63, 3.8) is 0 Å². The number of pyridine rings is 1. The van der Waals surface area contributed by atoms with E-state index in [0.29, 0.717) is 0 Å². The van der Waals surface area contributed by atoms with E-state index >= 15 is 0 Å². The Morgan fingerprint density at radius 1 is 1.24 bits per heavy atom.